The monoisotopic (exact) mass is 459 g/mol. The number of hydrogen-bond donors (Lipinski definition) is 2. The molecule has 3 saturated heterocycles. The lowest BCUT2D eigenvalue weighted by Crippen LogP contribution is -2.53. The molecular weight excluding hydrogens is 430 g/mol. The Hall–Kier alpha value is -2.24. The number of aromatic nitrogens is 1. The molecule has 2 aromatic rings. The molecule has 5 rings (SSSR count). The standard InChI is InChI=1S/C22H29N5O4S/c28-20-14-31-13-19(20)26-7-5-25(6-8-26)18-4-2-1-3-16(18)23-21(29)17-15-32-22(24-17)27-9-11-30-12-10-27/h1-4,15,19-20,28H,5-14H2,(H,23,29)/t19-,20-/m0/s1. The summed E-state index contributed by atoms with van der Waals surface area (Å²) < 4.78 is 10.8. The van der Waals surface area contributed by atoms with Crippen LogP contribution in [0.5, 0.6) is 0 Å². The fourth-order valence-electron chi connectivity index (χ4n) is 4.48. The number of carbonyl (C=O) groups is 1. The van der Waals surface area contributed by atoms with Gasteiger partial charge in [0.25, 0.3) is 5.91 Å². The van der Waals surface area contributed by atoms with E-state index in [1.807, 2.05) is 29.6 Å². The molecule has 0 aliphatic carbocycles. The molecule has 10 heteroatoms. The van der Waals surface area contributed by atoms with Crippen molar-refractivity contribution in [1.82, 2.24) is 9.88 Å². The third-order valence-electron chi connectivity index (χ3n) is 6.30. The van der Waals surface area contributed by atoms with Crippen molar-refractivity contribution in [3.05, 3.63) is 35.3 Å². The first-order chi connectivity index (χ1) is 15.7. The molecule has 3 aliphatic heterocycles. The smallest absolute Gasteiger partial charge is 0.275 e. The maximum atomic E-state index is 12.9. The van der Waals surface area contributed by atoms with E-state index in [2.05, 4.69) is 25.0 Å². The fraction of sp³-hybridized carbons (Fsp3) is 0.545. The van der Waals surface area contributed by atoms with Gasteiger partial charge in [0.1, 0.15) is 5.69 Å². The number of hydrogen-bond acceptors (Lipinski definition) is 9. The minimum absolute atomic E-state index is 0.0809. The van der Waals surface area contributed by atoms with Gasteiger partial charge in [0, 0.05) is 44.6 Å². The minimum Gasteiger partial charge on any atom is -0.389 e. The van der Waals surface area contributed by atoms with Gasteiger partial charge < -0.3 is 29.7 Å². The Bertz CT molecular complexity index is 927. The number of amides is 1. The van der Waals surface area contributed by atoms with Crippen molar-refractivity contribution in [3.63, 3.8) is 0 Å². The molecule has 4 heterocycles. The van der Waals surface area contributed by atoms with Gasteiger partial charge in [-0.15, -0.1) is 11.3 Å². The lowest BCUT2D eigenvalue weighted by atomic mass is 10.1. The lowest BCUT2D eigenvalue weighted by Gasteiger charge is -2.40. The molecule has 1 amide bonds. The number of carbonyl (C=O) groups excluding carboxylic acids is 1. The topological polar surface area (TPSA) is 90.4 Å². The summed E-state index contributed by atoms with van der Waals surface area (Å²) in [5, 5.41) is 15.9. The molecule has 172 valence electrons. The first kappa shape index (κ1) is 21.6. The summed E-state index contributed by atoms with van der Waals surface area (Å²) in [4.78, 5) is 24.2. The normalized spacial score (nSPS) is 24.7. The average molecular weight is 460 g/mol. The summed E-state index contributed by atoms with van der Waals surface area (Å²) in [7, 11) is 0. The van der Waals surface area contributed by atoms with Gasteiger partial charge in [0.05, 0.1) is 49.9 Å². The van der Waals surface area contributed by atoms with Crippen LogP contribution in [0.4, 0.5) is 16.5 Å². The summed E-state index contributed by atoms with van der Waals surface area (Å²) in [5.41, 5.74) is 2.23. The number of nitrogens with one attached hydrogen (secondary N) is 1. The van der Waals surface area contributed by atoms with Crippen LogP contribution in [0.3, 0.4) is 0 Å². The van der Waals surface area contributed by atoms with Crippen molar-refractivity contribution < 1.29 is 19.4 Å². The molecule has 3 fully saturated rings. The van der Waals surface area contributed by atoms with Crippen LogP contribution in [0, 0.1) is 0 Å². The van der Waals surface area contributed by atoms with Gasteiger partial charge in [-0.2, -0.15) is 0 Å². The Kier molecular flexibility index (Phi) is 6.56. The second-order valence-electron chi connectivity index (χ2n) is 8.28. The highest BCUT2D eigenvalue weighted by Gasteiger charge is 2.33. The van der Waals surface area contributed by atoms with Gasteiger partial charge in [0.2, 0.25) is 0 Å². The van der Waals surface area contributed by atoms with Gasteiger partial charge in [-0.25, -0.2) is 4.98 Å². The second kappa shape index (κ2) is 9.72. The third-order valence-corrected chi connectivity index (χ3v) is 7.21. The molecule has 3 aliphatic rings. The van der Waals surface area contributed by atoms with E-state index in [0.717, 1.165) is 55.8 Å². The number of piperazine rings is 1. The number of benzene rings is 1. The van der Waals surface area contributed by atoms with Crippen LogP contribution in [0.15, 0.2) is 29.6 Å². The number of thiazole rings is 1. The van der Waals surface area contributed by atoms with Crippen molar-refractivity contribution in [3.8, 4) is 0 Å². The molecule has 2 N–H and O–H groups in total. The van der Waals surface area contributed by atoms with Gasteiger partial charge in [-0.1, -0.05) is 12.1 Å². The maximum Gasteiger partial charge on any atom is 0.275 e. The minimum atomic E-state index is -0.409. The van der Waals surface area contributed by atoms with Crippen LogP contribution in [-0.4, -0.2) is 98.7 Å². The summed E-state index contributed by atoms with van der Waals surface area (Å²) in [5.74, 6) is -0.196. The summed E-state index contributed by atoms with van der Waals surface area (Å²) >= 11 is 1.49. The maximum absolute atomic E-state index is 12.9. The molecule has 1 aromatic carbocycles. The highest BCUT2D eigenvalue weighted by molar-refractivity contribution is 7.14. The summed E-state index contributed by atoms with van der Waals surface area (Å²) in [6.07, 6.45) is -0.409. The SMILES string of the molecule is O=C(Nc1ccccc1N1CCN([C@H]2COC[C@@H]2O)CC1)c1csc(N2CCOCC2)n1. The second-order valence-corrected chi connectivity index (χ2v) is 9.12. The number of ether oxygens (including phenoxy) is 2. The number of nitrogens with zero attached hydrogens (tertiary/aromatic N) is 4. The zero-order chi connectivity index (χ0) is 21.9. The van der Waals surface area contributed by atoms with Crippen molar-refractivity contribution >= 4 is 33.8 Å². The van der Waals surface area contributed by atoms with Crippen LogP contribution < -0.4 is 15.1 Å². The predicted octanol–water partition coefficient (Wildman–Crippen LogP) is 1.11. The summed E-state index contributed by atoms with van der Waals surface area (Å²) in [6, 6.07) is 7.98. The van der Waals surface area contributed by atoms with Crippen molar-refractivity contribution in [2.24, 2.45) is 0 Å². The Morgan fingerprint density at radius 2 is 1.81 bits per heavy atom. The molecule has 2 atom stereocenters. The molecule has 0 bridgehead atoms. The van der Waals surface area contributed by atoms with Crippen molar-refractivity contribution in [1.29, 1.82) is 0 Å². The van der Waals surface area contributed by atoms with E-state index >= 15 is 0 Å². The number of aliphatic hydroxyl groups excluding tert-OH is 1. The van der Waals surface area contributed by atoms with Gasteiger partial charge in [0.15, 0.2) is 5.13 Å². The number of morpholine rings is 1. The third kappa shape index (κ3) is 4.60. The largest absolute Gasteiger partial charge is 0.389 e. The highest BCUT2D eigenvalue weighted by Crippen LogP contribution is 2.29. The van der Waals surface area contributed by atoms with E-state index in [1.165, 1.54) is 11.3 Å². The van der Waals surface area contributed by atoms with Crippen LogP contribution in [-0.2, 0) is 9.47 Å². The summed E-state index contributed by atoms with van der Waals surface area (Å²) in [6.45, 7) is 7.34. The first-order valence-corrected chi connectivity index (χ1v) is 12.0. The number of rotatable bonds is 5. The fourth-order valence-corrected chi connectivity index (χ4v) is 5.34. The van der Waals surface area contributed by atoms with E-state index in [1.54, 1.807) is 0 Å². The average Bonchev–Trinajstić information content (AvgIpc) is 3.50. The van der Waals surface area contributed by atoms with Crippen molar-refractivity contribution in [2.45, 2.75) is 12.1 Å². The van der Waals surface area contributed by atoms with Gasteiger partial charge in [-0.3, -0.25) is 9.69 Å². The number of anilines is 3. The Morgan fingerprint density at radius 3 is 2.56 bits per heavy atom. The molecule has 9 nitrogen and oxygen atoms in total. The lowest BCUT2D eigenvalue weighted by molar-refractivity contribution is 0.0785. The quantitative estimate of drug-likeness (QED) is 0.688. The van der Waals surface area contributed by atoms with E-state index < -0.39 is 6.10 Å². The molecule has 0 radical (unpaired) electrons. The zero-order valence-corrected chi connectivity index (χ0v) is 18.8. The van der Waals surface area contributed by atoms with E-state index in [9.17, 15) is 9.90 Å². The molecule has 0 spiro atoms. The van der Waals surface area contributed by atoms with Crippen molar-refractivity contribution in [2.75, 3.05) is 80.8 Å². The molecule has 32 heavy (non-hydrogen) atoms. The van der Waals surface area contributed by atoms with E-state index in [4.69, 9.17) is 9.47 Å². The Balaban J connectivity index is 1.23. The van der Waals surface area contributed by atoms with E-state index in [0.29, 0.717) is 32.1 Å². The Labute approximate surface area is 191 Å². The number of aliphatic hydroxyl groups is 1. The molecule has 1 aromatic heterocycles. The van der Waals surface area contributed by atoms with Gasteiger partial charge >= 0.3 is 0 Å². The molecule has 0 saturated carbocycles. The van der Waals surface area contributed by atoms with E-state index in [-0.39, 0.29) is 11.9 Å². The molecular formula is C22H29N5O4S. The highest BCUT2D eigenvalue weighted by atomic mass is 32.1. The number of para-hydroxylation sites is 2. The van der Waals surface area contributed by atoms with Crippen LogP contribution in [0.2, 0.25) is 0 Å². The zero-order valence-electron chi connectivity index (χ0n) is 18.0. The predicted molar refractivity (Wildman–Crippen MR) is 124 cm³/mol. The van der Waals surface area contributed by atoms with Gasteiger partial charge in [-0.05, 0) is 12.1 Å². The first-order valence-electron chi connectivity index (χ1n) is 11.1. The van der Waals surface area contributed by atoms with Crippen LogP contribution in [0.25, 0.3) is 0 Å². The molecule has 0 unspecified atom stereocenters. The van der Waals surface area contributed by atoms with Crippen LogP contribution >= 0.6 is 11.3 Å². The Morgan fingerprint density at radius 1 is 1.03 bits per heavy atom. The van der Waals surface area contributed by atoms with Crippen LogP contribution in [0.1, 0.15) is 10.5 Å².